The minimum absolute atomic E-state index is 0.0721. The number of hydrogen-bond acceptors (Lipinski definition) is 4. The lowest BCUT2D eigenvalue weighted by atomic mass is 10.1. The summed E-state index contributed by atoms with van der Waals surface area (Å²) in [6, 6.07) is 5.16. The van der Waals surface area contributed by atoms with Gasteiger partial charge in [-0.3, -0.25) is 9.59 Å². The molecule has 24 heavy (non-hydrogen) atoms. The van der Waals surface area contributed by atoms with Gasteiger partial charge >= 0.3 is 0 Å². The SMILES string of the molecule is CN(C)S(=O)(=O)N1CCN(C(=O)c2ccc3c(c2)CC(=O)N3)CC1. The van der Waals surface area contributed by atoms with Gasteiger partial charge in [-0.15, -0.1) is 0 Å². The highest BCUT2D eigenvalue weighted by molar-refractivity contribution is 7.86. The van der Waals surface area contributed by atoms with Crippen LogP contribution in [0.25, 0.3) is 0 Å². The molecule has 3 rings (SSSR count). The molecule has 2 aliphatic heterocycles. The molecule has 2 aliphatic rings. The summed E-state index contributed by atoms with van der Waals surface area (Å²) < 4.78 is 26.8. The van der Waals surface area contributed by atoms with Gasteiger partial charge < -0.3 is 10.2 Å². The molecular weight excluding hydrogens is 332 g/mol. The van der Waals surface area contributed by atoms with Crippen molar-refractivity contribution < 1.29 is 18.0 Å². The van der Waals surface area contributed by atoms with Crippen LogP contribution in [0.5, 0.6) is 0 Å². The van der Waals surface area contributed by atoms with Gasteiger partial charge in [0.2, 0.25) is 5.91 Å². The maximum absolute atomic E-state index is 12.6. The van der Waals surface area contributed by atoms with E-state index < -0.39 is 10.2 Å². The van der Waals surface area contributed by atoms with Gasteiger partial charge in [0.25, 0.3) is 16.1 Å². The number of carbonyl (C=O) groups excluding carboxylic acids is 2. The molecule has 2 amide bonds. The van der Waals surface area contributed by atoms with E-state index in [0.717, 1.165) is 11.3 Å². The molecule has 8 nitrogen and oxygen atoms in total. The Morgan fingerprint density at radius 1 is 1.17 bits per heavy atom. The van der Waals surface area contributed by atoms with Gasteiger partial charge in [-0.25, -0.2) is 0 Å². The zero-order valence-electron chi connectivity index (χ0n) is 13.7. The topological polar surface area (TPSA) is 90.0 Å². The third kappa shape index (κ3) is 3.02. The van der Waals surface area contributed by atoms with Gasteiger partial charge in [-0.1, -0.05) is 0 Å². The summed E-state index contributed by atoms with van der Waals surface area (Å²) in [6.07, 6.45) is 0.283. The van der Waals surface area contributed by atoms with Crippen molar-refractivity contribution in [3.63, 3.8) is 0 Å². The van der Waals surface area contributed by atoms with E-state index in [2.05, 4.69) is 5.32 Å². The van der Waals surface area contributed by atoms with Crippen LogP contribution < -0.4 is 5.32 Å². The third-order valence-electron chi connectivity index (χ3n) is 4.29. The van der Waals surface area contributed by atoms with Crippen LogP contribution in [0.15, 0.2) is 18.2 Å². The first-order valence-corrected chi connectivity index (χ1v) is 9.08. The van der Waals surface area contributed by atoms with Crippen molar-refractivity contribution in [2.45, 2.75) is 6.42 Å². The van der Waals surface area contributed by atoms with Crippen molar-refractivity contribution >= 4 is 27.7 Å². The second-order valence-corrected chi connectivity index (χ2v) is 8.22. The average Bonchev–Trinajstić information content (AvgIpc) is 2.93. The summed E-state index contributed by atoms with van der Waals surface area (Å²) in [5.74, 6) is -0.212. The van der Waals surface area contributed by atoms with Crippen LogP contribution in [0.2, 0.25) is 0 Å². The zero-order valence-corrected chi connectivity index (χ0v) is 14.5. The number of amides is 2. The summed E-state index contributed by atoms with van der Waals surface area (Å²) in [7, 11) is -0.459. The van der Waals surface area contributed by atoms with Gasteiger partial charge in [0.15, 0.2) is 0 Å². The minimum Gasteiger partial charge on any atom is -0.336 e. The molecule has 0 radical (unpaired) electrons. The van der Waals surface area contributed by atoms with E-state index in [4.69, 9.17) is 0 Å². The molecule has 1 N–H and O–H groups in total. The standard InChI is InChI=1S/C15H20N4O4S/c1-17(2)24(22,23)19-7-5-18(6-8-19)15(21)11-3-4-13-12(9-11)10-14(20)16-13/h3-4,9H,5-8,10H2,1-2H3,(H,16,20). The molecule has 1 aromatic rings. The molecule has 0 bridgehead atoms. The largest absolute Gasteiger partial charge is 0.336 e. The Kier molecular flexibility index (Phi) is 4.33. The quantitative estimate of drug-likeness (QED) is 0.812. The highest BCUT2D eigenvalue weighted by atomic mass is 32.2. The Morgan fingerprint density at radius 2 is 1.83 bits per heavy atom. The Morgan fingerprint density at radius 3 is 2.46 bits per heavy atom. The Labute approximate surface area is 141 Å². The molecule has 0 atom stereocenters. The second kappa shape index (κ2) is 6.15. The van der Waals surface area contributed by atoms with Gasteiger partial charge in [0, 0.05) is 51.5 Å². The maximum Gasteiger partial charge on any atom is 0.281 e. The first-order chi connectivity index (χ1) is 11.3. The van der Waals surface area contributed by atoms with E-state index >= 15 is 0 Å². The summed E-state index contributed by atoms with van der Waals surface area (Å²) in [4.78, 5) is 25.7. The van der Waals surface area contributed by atoms with Crippen LogP contribution >= 0.6 is 0 Å². The van der Waals surface area contributed by atoms with E-state index in [-0.39, 0.29) is 31.3 Å². The fourth-order valence-corrected chi connectivity index (χ4v) is 3.98. The van der Waals surface area contributed by atoms with Gasteiger partial charge in [-0.2, -0.15) is 17.0 Å². The number of fused-ring (bicyclic) bond motifs is 1. The number of anilines is 1. The van der Waals surface area contributed by atoms with Crippen molar-refractivity contribution in [3.05, 3.63) is 29.3 Å². The van der Waals surface area contributed by atoms with Crippen molar-refractivity contribution in [1.82, 2.24) is 13.5 Å². The first kappa shape index (κ1) is 16.9. The summed E-state index contributed by atoms with van der Waals surface area (Å²) >= 11 is 0. The molecule has 9 heteroatoms. The van der Waals surface area contributed by atoms with Crippen LogP contribution in [0.1, 0.15) is 15.9 Å². The van der Waals surface area contributed by atoms with Crippen molar-refractivity contribution in [3.8, 4) is 0 Å². The third-order valence-corrected chi connectivity index (χ3v) is 6.23. The normalized spacial score (nSPS) is 18.6. The van der Waals surface area contributed by atoms with E-state index in [1.165, 1.54) is 22.7 Å². The van der Waals surface area contributed by atoms with Crippen molar-refractivity contribution in [2.75, 3.05) is 45.6 Å². The molecule has 2 heterocycles. The van der Waals surface area contributed by atoms with Crippen LogP contribution in [0.4, 0.5) is 5.69 Å². The predicted molar refractivity (Wildman–Crippen MR) is 88.9 cm³/mol. The molecule has 1 saturated heterocycles. The lowest BCUT2D eigenvalue weighted by Crippen LogP contribution is -2.53. The Hall–Kier alpha value is -1.97. The second-order valence-electron chi connectivity index (χ2n) is 6.08. The summed E-state index contributed by atoms with van der Waals surface area (Å²) in [5.41, 5.74) is 2.09. The molecule has 0 aromatic heterocycles. The van der Waals surface area contributed by atoms with E-state index in [9.17, 15) is 18.0 Å². The number of rotatable bonds is 3. The highest BCUT2D eigenvalue weighted by Gasteiger charge is 2.31. The number of piperazine rings is 1. The van der Waals surface area contributed by atoms with E-state index in [1.807, 2.05) is 0 Å². The number of nitrogens with zero attached hydrogens (tertiary/aromatic N) is 3. The highest BCUT2D eigenvalue weighted by Crippen LogP contribution is 2.24. The fourth-order valence-electron chi connectivity index (χ4n) is 2.90. The fraction of sp³-hybridized carbons (Fsp3) is 0.467. The van der Waals surface area contributed by atoms with Crippen molar-refractivity contribution in [1.29, 1.82) is 0 Å². The lowest BCUT2D eigenvalue weighted by molar-refractivity contribution is -0.115. The van der Waals surface area contributed by atoms with E-state index in [1.54, 1.807) is 23.1 Å². The minimum atomic E-state index is -3.44. The Balaban J connectivity index is 1.68. The molecule has 0 aliphatic carbocycles. The maximum atomic E-state index is 12.6. The predicted octanol–water partition coefficient (Wildman–Crippen LogP) is -0.255. The smallest absolute Gasteiger partial charge is 0.281 e. The number of carbonyl (C=O) groups is 2. The molecule has 1 aromatic carbocycles. The molecule has 0 saturated carbocycles. The van der Waals surface area contributed by atoms with Crippen molar-refractivity contribution in [2.24, 2.45) is 0 Å². The molecule has 0 spiro atoms. The van der Waals surface area contributed by atoms with Gasteiger partial charge in [-0.05, 0) is 23.8 Å². The zero-order chi connectivity index (χ0) is 17.5. The van der Waals surface area contributed by atoms with Gasteiger partial charge in [0.05, 0.1) is 6.42 Å². The Bertz CT molecular complexity index is 783. The monoisotopic (exact) mass is 352 g/mol. The summed E-state index contributed by atoms with van der Waals surface area (Å²) in [5, 5.41) is 2.73. The number of benzene rings is 1. The lowest BCUT2D eigenvalue weighted by Gasteiger charge is -2.35. The van der Waals surface area contributed by atoms with Crippen LogP contribution in [0.3, 0.4) is 0 Å². The number of hydrogen-bond donors (Lipinski definition) is 1. The van der Waals surface area contributed by atoms with Crippen LogP contribution in [0, 0.1) is 0 Å². The molecule has 130 valence electrons. The van der Waals surface area contributed by atoms with Crippen LogP contribution in [-0.4, -0.2) is 74.0 Å². The molecule has 0 unspecified atom stereocenters. The summed E-state index contributed by atoms with van der Waals surface area (Å²) in [6.45, 7) is 1.24. The number of nitrogens with one attached hydrogen (secondary N) is 1. The first-order valence-electron chi connectivity index (χ1n) is 7.68. The van der Waals surface area contributed by atoms with Gasteiger partial charge in [0.1, 0.15) is 0 Å². The molecular formula is C15H20N4O4S. The van der Waals surface area contributed by atoms with Crippen LogP contribution in [-0.2, 0) is 21.4 Å². The average molecular weight is 352 g/mol. The molecule has 1 fully saturated rings. The van der Waals surface area contributed by atoms with E-state index in [0.29, 0.717) is 18.7 Å².